The standard InChI is InChI=1S/C11H16N4/c1-8(12-3)6-10-7-11-13-5-4-9(2)15(11)14-10/h4-5,7-8,12H,6H2,1-3H3. The molecular formula is C11H16N4. The minimum Gasteiger partial charge on any atom is -0.317 e. The van der Waals surface area contributed by atoms with Crippen molar-refractivity contribution in [3.05, 3.63) is 29.7 Å². The van der Waals surface area contributed by atoms with Crippen molar-refractivity contribution in [3.63, 3.8) is 0 Å². The Bertz CT molecular complexity index is 461. The van der Waals surface area contributed by atoms with E-state index in [1.54, 1.807) is 0 Å². The highest BCUT2D eigenvalue weighted by atomic mass is 15.3. The first-order chi connectivity index (χ1) is 7.20. The molecule has 2 rings (SSSR count). The molecule has 4 nitrogen and oxygen atoms in total. The van der Waals surface area contributed by atoms with Gasteiger partial charge in [0, 0.05) is 30.4 Å². The molecule has 0 aliphatic carbocycles. The number of nitrogens with one attached hydrogen (secondary N) is 1. The van der Waals surface area contributed by atoms with Crippen molar-refractivity contribution in [2.45, 2.75) is 26.3 Å². The average molecular weight is 204 g/mol. The zero-order chi connectivity index (χ0) is 10.8. The van der Waals surface area contributed by atoms with Gasteiger partial charge in [-0.05, 0) is 27.0 Å². The average Bonchev–Trinajstić information content (AvgIpc) is 2.62. The molecule has 0 fully saturated rings. The van der Waals surface area contributed by atoms with Gasteiger partial charge < -0.3 is 5.32 Å². The Morgan fingerprint density at radius 2 is 2.33 bits per heavy atom. The highest BCUT2D eigenvalue weighted by Gasteiger charge is 2.06. The van der Waals surface area contributed by atoms with Crippen LogP contribution in [0, 0.1) is 6.92 Å². The Balaban J connectivity index is 2.35. The van der Waals surface area contributed by atoms with Crippen LogP contribution in [0.3, 0.4) is 0 Å². The van der Waals surface area contributed by atoms with Crippen LogP contribution in [0.25, 0.3) is 5.65 Å². The molecule has 0 aromatic carbocycles. The molecule has 0 saturated carbocycles. The van der Waals surface area contributed by atoms with Gasteiger partial charge in [0.1, 0.15) is 0 Å². The van der Waals surface area contributed by atoms with Crippen LogP contribution in [0.1, 0.15) is 18.3 Å². The molecule has 0 bridgehead atoms. The van der Waals surface area contributed by atoms with Gasteiger partial charge in [-0.25, -0.2) is 9.50 Å². The Labute approximate surface area is 89.3 Å². The van der Waals surface area contributed by atoms with E-state index in [9.17, 15) is 0 Å². The second-order valence-electron chi connectivity index (χ2n) is 3.89. The number of fused-ring (bicyclic) bond motifs is 1. The molecule has 2 aromatic rings. The van der Waals surface area contributed by atoms with Crippen LogP contribution in [0.5, 0.6) is 0 Å². The summed E-state index contributed by atoms with van der Waals surface area (Å²) in [5.74, 6) is 0. The zero-order valence-electron chi connectivity index (χ0n) is 9.36. The fourth-order valence-corrected chi connectivity index (χ4v) is 1.58. The van der Waals surface area contributed by atoms with Crippen molar-refractivity contribution < 1.29 is 0 Å². The van der Waals surface area contributed by atoms with Gasteiger partial charge in [0.05, 0.1) is 5.69 Å². The second kappa shape index (κ2) is 3.98. The van der Waals surface area contributed by atoms with Crippen molar-refractivity contribution in [2.75, 3.05) is 7.05 Å². The zero-order valence-corrected chi connectivity index (χ0v) is 9.36. The Kier molecular flexibility index (Phi) is 2.68. The summed E-state index contributed by atoms with van der Waals surface area (Å²) in [5, 5.41) is 7.72. The molecular weight excluding hydrogens is 188 g/mol. The lowest BCUT2D eigenvalue weighted by Crippen LogP contribution is -2.23. The van der Waals surface area contributed by atoms with Crippen molar-refractivity contribution in [2.24, 2.45) is 0 Å². The SMILES string of the molecule is CNC(C)Cc1cc2nccc(C)n2n1. The third-order valence-corrected chi connectivity index (χ3v) is 2.61. The monoisotopic (exact) mass is 204 g/mol. The van der Waals surface area contributed by atoms with Crippen LogP contribution in [-0.2, 0) is 6.42 Å². The van der Waals surface area contributed by atoms with Crippen LogP contribution in [0.15, 0.2) is 18.3 Å². The summed E-state index contributed by atoms with van der Waals surface area (Å²) in [7, 11) is 1.96. The minimum atomic E-state index is 0.440. The van der Waals surface area contributed by atoms with E-state index < -0.39 is 0 Å². The molecule has 15 heavy (non-hydrogen) atoms. The summed E-state index contributed by atoms with van der Waals surface area (Å²) in [5.41, 5.74) is 3.12. The lowest BCUT2D eigenvalue weighted by atomic mass is 10.2. The van der Waals surface area contributed by atoms with Gasteiger partial charge in [-0.1, -0.05) is 0 Å². The molecule has 0 spiro atoms. The van der Waals surface area contributed by atoms with E-state index in [4.69, 9.17) is 0 Å². The summed E-state index contributed by atoms with van der Waals surface area (Å²) in [6, 6.07) is 4.45. The normalized spacial score (nSPS) is 13.3. The topological polar surface area (TPSA) is 42.2 Å². The van der Waals surface area contributed by atoms with Crippen molar-refractivity contribution in [1.29, 1.82) is 0 Å². The van der Waals surface area contributed by atoms with E-state index in [-0.39, 0.29) is 0 Å². The number of nitrogens with zero attached hydrogens (tertiary/aromatic N) is 3. The molecule has 80 valence electrons. The molecule has 0 aliphatic rings. The van der Waals surface area contributed by atoms with Gasteiger partial charge in [-0.15, -0.1) is 0 Å². The van der Waals surface area contributed by atoms with Gasteiger partial charge in [0.15, 0.2) is 5.65 Å². The molecule has 0 saturated heterocycles. The highest BCUT2D eigenvalue weighted by Crippen LogP contribution is 2.07. The summed E-state index contributed by atoms with van der Waals surface area (Å²) < 4.78 is 1.89. The van der Waals surface area contributed by atoms with E-state index in [1.807, 2.05) is 36.8 Å². The summed E-state index contributed by atoms with van der Waals surface area (Å²) in [4.78, 5) is 4.28. The molecule has 1 unspecified atom stereocenters. The smallest absolute Gasteiger partial charge is 0.155 e. The summed E-state index contributed by atoms with van der Waals surface area (Å²) in [6.07, 6.45) is 2.75. The fraction of sp³-hybridized carbons (Fsp3) is 0.455. The third kappa shape index (κ3) is 1.99. The number of likely N-dealkylation sites (N-methyl/N-ethyl adjacent to an activating group) is 1. The maximum Gasteiger partial charge on any atom is 0.155 e. The van der Waals surface area contributed by atoms with E-state index >= 15 is 0 Å². The van der Waals surface area contributed by atoms with Gasteiger partial charge >= 0.3 is 0 Å². The van der Waals surface area contributed by atoms with E-state index in [0.717, 1.165) is 23.5 Å². The largest absolute Gasteiger partial charge is 0.317 e. The van der Waals surface area contributed by atoms with Crippen molar-refractivity contribution in [1.82, 2.24) is 19.9 Å². The molecule has 2 aromatic heterocycles. The van der Waals surface area contributed by atoms with Crippen LogP contribution >= 0.6 is 0 Å². The fourth-order valence-electron chi connectivity index (χ4n) is 1.58. The van der Waals surface area contributed by atoms with Crippen LogP contribution < -0.4 is 5.32 Å². The second-order valence-corrected chi connectivity index (χ2v) is 3.89. The van der Waals surface area contributed by atoms with Crippen molar-refractivity contribution >= 4 is 5.65 Å². The predicted molar refractivity (Wildman–Crippen MR) is 59.9 cm³/mol. The molecule has 1 N–H and O–H groups in total. The summed E-state index contributed by atoms with van der Waals surface area (Å²) in [6.45, 7) is 4.18. The first-order valence-electron chi connectivity index (χ1n) is 5.18. The highest BCUT2D eigenvalue weighted by molar-refractivity contribution is 5.40. The van der Waals surface area contributed by atoms with Crippen LogP contribution in [-0.4, -0.2) is 27.7 Å². The summed E-state index contributed by atoms with van der Waals surface area (Å²) >= 11 is 0. The minimum absolute atomic E-state index is 0.440. The quantitative estimate of drug-likeness (QED) is 0.816. The van der Waals surface area contributed by atoms with Gasteiger partial charge in [0.25, 0.3) is 0 Å². The number of hydrogen-bond acceptors (Lipinski definition) is 3. The number of aromatic nitrogens is 3. The molecule has 0 radical (unpaired) electrons. The van der Waals surface area contributed by atoms with Gasteiger partial charge in [-0.2, -0.15) is 5.10 Å². The number of hydrogen-bond donors (Lipinski definition) is 1. The molecule has 2 heterocycles. The Morgan fingerprint density at radius 1 is 1.53 bits per heavy atom. The lowest BCUT2D eigenvalue weighted by molar-refractivity contribution is 0.597. The van der Waals surface area contributed by atoms with E-state index in [2.05, 4.69) is 22.3 Å². The molecule has 0 aliphatic heterocycles. The van der Waals surface area contributed by atoms with Crippen LogP contribution in [0.4, 0.5) is 0 Å². The first kappa shape index (κ1) is 10.1. The maximum absolute atomic E-state index is 4.51. The number of aryl methyl sites for hydroxylation is 1. The number of rotatable bonds is 3. The Morgan fingerprint density at radius 3 is 3.00 bits per heavy atom. The molecule has 0 amide bonds. The van der Waals surface area contributed by atoms with E-state index in [0.29, 0.717) is 6.04 Å². The van der Waals surface area contributed by atoms with Crippen molar-refractivity contribution in [3.8, 4) is 0 Å². The van der Waals surface area contributed by atoms with Gasteiger partial charge in [0.2, 0.25) is 0 Å². The maximum atomic E-state index is 4.51. The predicted octanol–water partition coefficient (Wildman–Crippen LogP) is 1.19. The molecule has 4 heteroatoms. The van der Waals surface area contributed by atoms with E-state index in [1.165, 1.54) is 0 Å². The lowest BCUT2D eigenvalue weighted by Gasteiger charge is -2.06. The first-order valence-corrected chi connectivity index (χ1v) is 5.18. The van der Waals surface area contributed by atoms with Gasteiger partial charge in [-0.3, -0.25) is 0 Å². The molecule has 1 atom stereocenters. The third-order valence-electron chi connectivity index (χ3n) is 2.61. The Hall–Kier alpha value is -1.42. The van der Waals surface area contributed by atoms with Crippen LogP contribution in [0.2, 0.25) is 0 Å².